The Labute approximate surface area is 55.0 Å². The van der Waals surface area contributed by atoms with E-state index >= 15 is 0 Å². The van der Waals surface area contributed by atoms with Crippen LogP contribution in [-0.4, -0.2) is 12.2 Å². The van der Waals surface area contributed by atoms with E-state index < -0.39 is 0 Å². The molecule has 1 N–H and O–H groups in total. The van der Waals surface area contributed by atoms with E-state index in [4.69, 9.17) is 5.11 Å². The Morgan fingerprint density at radius 3 is 1.89 bits per heavy atom. The number of benzene rings is 1. The first-order chi connectivity index (χ1) is 4.47. The van der Waals surface area contributed by atoms with Gasteiger partial charge < -0.3 is 5.11 Å². The Morgan fingerprint density at radius 2 is 1.56 bits per heavy atom. The third-order valence-electron chi connectivity index (χ3n) is 1.37. The molecule has 1 heteroatoms. The molecule has 0 radical (unpaired) electrons. The van der Waals surface area contributed by atoms with E-state index in [9.17, 15) is 0 Å². The number of hydrogen-bond acceptors (Lipinski definition) is 1. The smallest absolute Gasteiger partial charge is 0.0319 e. The second kappa shape index (κ2) is 2.65. The molecule has 0 amide bonds. The molecule has 2 rings (SSSR count). The maximum Gasteiger partial charge on any atom is 0.0319 e. The highest BCUT2D eigenvalue weighted by Crippen LogP contribution is 2.25. The second-order valence-corrected chi connectivity index (χ2v) is 1.95. The molecule has 1 aliphatic carbocycles. The van der Waals surface area contributed by atoms with Crippen molar-refractivity contribution < 1.29 is 5.11 Å². The molecule has 0 bridgehead atoms. The van der Waals surface area contributed by atoms with Crippen molar-refractivity contribution in [3.63, 3.8) is 0 Å². The van der Waals surface area contributed by atoms with Gasteiger partial charge >= 0.3 is 0 Å². The van der Waals surface area contributed by atoms with E-state index in [1.54, 1.807) is 0 Å². The molecule has 0 aromatic heterocycles. The Bertz CT molecular complexity index is 173. The zero-order chi connectivity index (χ0) is 6.69. The predicted molar refractivity (Wildman–Crippen MR) is 37.4 cm³/mol. The van der Waals surface area contributed by atoms with Crippen molar-refractivity contribution in [3.05, 3.63) is 35.4 Å². The van der Waals surface area contributed by atoms with Gasteiger partial charge in [0, 0.05) is 7.11 Å². The third-order valence-corrected chi connectivity index (χ3v) is 1.37. The molecule has 0 spiro atoms. The minimum Gasteiger partial charge on any atom is -0.400 e. The van der Waals surface area contributed by atoms with E-state index in [0.29, 0.717) is 0 Å². The molecular formula is C8H10O. The van der Waals surface area contributed by atoms with Crippen LogP contribution in [0.5, 0.6) is 0 Å². The standard InChI is InChI=1S/C7H6.CH4O/c1-2-4-7-5-6(7)3-1;1-2/h1-4H,5H2;2H,1H3. The zero-order valence-corrected chi connectivity index (χ0v) is 5.46. The molecule has 9 heavy (non-hydrogen) atoms. The van der Waals surface area contributed by atoms with Gasteiger partial charge in [0.25, 0.3) is 0 Å². The normalized spacial score (nSPS) is 10.9. The average Bonchev–Trinajstić information content (AvgIpc) is 2.69. The number of aliphatic hydroxyl groups excluding tert-OH is 1. The van der Waals surface area contributed by atoms with Gasteiger partial charge in [0.1, 0.15) is 0 Å². The molecule has 0 saturated carbocycles. The van der Waals surface area contributed by atoms with Crippen LogP contribution in [0.1, 0.15) is 11.1 Å². The van der Waals surface area contributed by atoms with Gasteiger partial charge in [0.2, 0.25) is 0 Å². The van der Waals surface area contributed by atoms with Crippen molar-refractivity contribution in [2.45, 2.75) is 6.42 Å². The van der Waals surface area contributed by atoms with Crippen molar-refractivity contribution >= 4 is 0 Å². The Kier molecular flexibility index (Phi) is 1.85. The summed E-state index contributed by atoms with van der Waals surface area (Å²) in [6, 6.07) is 8.53. The minimum atomic E-state index is 1.00. The molecule has 0 saturated heterocycles. The molecule has 1 nitrogen and oxygen atoms in total. The van der Waals surface area contributed by atoms with Gasteiger partial charge in [0.05, 0.1) is 0 Å². The first-order valence-electron chi connectivity index (χ1n) is 2.98. The predicted octanol–water partition coefficient (Wildman–Crippen LogP) is 1.20. The maximum atomic E-state index is 7.00. The highest BCUT2D eigenvalue weighted by Gasteiger charge is 2.12. The van der Waals surface area contributed by atoms with Crippen molar-refractivity contribution in [1.82, 2.24) is 0 Å². The van der Waals surface area contributed by atoms with Crippen LogP contribution in [0.4, 0.5) is 0 Å². The molecule has 0 aliphatic heterocycles. The average molecular weight is 122 g/mol. The van der Waals surface area contributed by atoms with Crippen LogP contribution in [0.3, 0.4) is 0 Å². The number of aliphatic hydroxyl groups is 1. The first kappa shape index (κ1) is 6.30. The van der Waals surface area contributed by atoms with Crippen LogP contribution in [0.25, 0.3) is 0 Å². The van der Waals surface area contributed by atoms with Crippen LogP contribution < -0.4 is 0 Å². The van der Waals surface area contributed by atoms with E-state index in [2.05, 4.69) is 24.3 Å². The SMILES string of the molecule is CO.c1ccc2c(c1)C2. The third kappa shape index (κ3) is 1.30. The maximum absolute atomic E-state index is 7.00. The zero-order valence-electron chi connectivity index (χ0n) is 5.46. The van der Waals surface area contributed by atoms with Gasteiger partial charge in [-0.15, -0.1) is 0 Å². The van der Waals surface area contributed by atoms with Gasteiger partial charge in [-0.05, 0) is 17.5 Å². The molecule has 48 valence electrons. The van der Waals surface area contributed by atoms with Crippen LogP contribution in [0, 0.1) is 0 Å². The van der Waals surface area contributed by atoms with E-state index in [1.807, 2.05) is 0 Å². The lowest BCUT2D eigenvalue weighted by Gasteiger charge is -1.69. The summed E-state index contributed by atoms with van der Waals surface area (Å²) in [6.45, 7) is 0. The summed E-state index contributed by atoms with van der Waals surface area (Å²) < 4.78 is 0. The summed E-state index contributed by atoms with van der Waals surface area (Å²) in [5, 5.41) is 7.00. The van der Waals surface area contributed by atoms with Gasteiger partial charge in [-0.25, -0.2) is 0 Å². The Balaban J connectivity index is 0.000000186. The molecule has 1 aliphatic rings. The molecule has 0 unspecified atom stereocenters. The summed E-state index contributed by atoms with van der Waals surface area (Å²) in [4.78, 5) is 0. The van der Waals surface area contributed by atoms with E-state index in [1.165, 1.54) is 17.5 Å². The summed E-state index contributed by atoms with van der Waals surface area (Å²) in [5.41, 5.74) is 3.06. The van der Waals surface area contributed by atoms with Crippen LogP contribution in [0.15, 0.2) is 24.3 Å². The lowest BCUT2D eigenvalue weighted by Crippen LogP contribution is -1.48. The van der Waals surface area contributed by atoms with Crippen LogP contribution >= 0.6 is 0 Å². The topological polar surface area (TPSA) is 20.2 Å². The fraction of sp³-hybridized carbons (Fsp3) is 0.250. The summed E-state index contributed by atoms with van der Waals surface area (Å²) in [7, 11) is 1.00. The van der Waals surface area contributed by atoms with Gasteiger partial charge in [0.15, 0.2) is 0 Å². The van der Waals surface area contributed by atoms with Crippen LogP contribution in [0.2, 0.25) is 0 Å². The number of hydrogen-bond donors (Lipinski definition) is 1. The van der Waals surface area contributed by atoms with Gasteiger partial charge in [-0.3, -0.25) is 0 Å². The largest absolute Gasteiger partial charge is 0.400 e. The highest BCUT2D eigenvalue weighted by molar-refractivity contribution is 5.44. The monoisotopic (exact) mass is 122 g/mol. The second-order valence-electron chi connectivity index (χ2n) is 1.95. The summed E-state index contributed by atoms with van der Waals surface area (Å²) in [6.07, 6.45) is 1.24. The molecule has 0 fully saturated rings. The van der Waals surface area contributed by atoms with Gasteiger partial charge in [-0.2, -0.15) is 0 Å². The molecule has 0 heterocycles. The minimum absolute atomic E-state index is 1.00. The lowest BCUT2D eigenvalue weighted by molar-refractivity contribution is 0.399. The first-order valence-corrected chi connectivity index (χ1v) is 2.98. The van der Waals surface area contributed by atoms with Crippen molar-refractivity contribution in [3.8, 4) is 0 Å². The number of rotatable bonds is 0. The number of fused-ring (bicyclic) bond motifs is 1. The van der Waals surface area contributed by atoms with Crippen LogP contribution in [-0.2, 0) is 6.42 Å². The summed E-state index contributed by atoms with van der Waals surface area (Å²) >= 11 is 0. The fourth-order valence-corrected chi connectivity index (χ4v) is 0.836. The van der Waals surface area contributed by atoms with Crippen molar-refractivity contribution in [2.24, 2.45) is 0 Å². The Hall–Kier alpha value is -0.820. The van der Waals surface area contributed by atoms with E-state index in [-0.39, 0.29) is 0 Å². The molecule has 1 aromatic rings. The quantitative estimate of drug-likeness (QED) is 0.556. The van der Waals surface area contributed by atoms with Crippen molar-refractivity contribution in [1.29, 1.82) is 0 Å². The molecular weight excluding hydrogens is 112 g/mol. The molecule has 0 atom stereocenters. The lowest BCUT2D eigenvalue weighted by atomic mass is 10.4. The molecule has 1 aromatic carbocycles. The Morgan fingerprint density at radius 1 is 1.11 bits per heavy atom. The van der Waals surface area contributed by atoms with E-state index in [0.717, 1.165) is 7.11 Å². The summed E-state index contributed by atoms with van der Waals surface area (Å²) in [5.74, 6) is 0. The fourth-order valence-electron chi connectivity index (χ4n) is 0.836. The van der Waals surface area contributed by atoms with Crippen molar-refractivity contribution in [2.75, 3.05) is 7.11 Å². The highest BCUT2D eigenvalue weighted by atomic mass is 16.2. The van der Waals surface area contributed by atoms with Gasteiger partial charge in [-0.1, -0.05) is 24.3 Å².